The van der Waals surface area contributed by atoms with E-state index in [0.717, 1.165) is 0 Å². The van der Waals surface area contributed by atoms with Gasteiger partial charge in [0.05, 0.1) is 0 Å². The number of amides is 1. The molecule has 6 nitrogen and oxygen atoms in total. The van der Waals surface area contributed by atoms with Crippen molar-refractivity contribution in [1.29, 1.82) is 0 Å². The zero-order valence-electron chi connectivity index (χ0n) is 17.4. The fraction of sp³-hybridized carbons (Fsp3) is 0.160. The van der Waals surface area contributed by atoms with Crippen LogP contribution in [0.4, 0.5) is 10.1 Å². The Hall–Kier alpha value is -4.00. The van der Waals surface area contributed by atoms with E-state index in [4.69, 9.17) is 9.47 Å². The summed E-state index contributed by atoms with van der Waals surface area (Å²) < 4.78 is 23.9. The van der Waals surface area contributed by atoms with Crippen LogP contribution in [0.3, 0.4) is 0 Å². The van der Waals surface area contributed by atoms with Crippen molar-refractivity contribution >= 4 is 23.3 Å². The van der Waals surface area contributed by atoms with Gasteiger partial charge in [0.25, 0.3) is 5.91 Å². The van der Waals surface area contributed by atoms with E-state index in [-0.39, 0.29) is 5.78 Å². The summed E-state index contributed by atoms with van der Waals surface area (Å²) in [6.45, 7) is 1.35. The van der Waals surface area contributed by atoms with Crippen molar-refractivity contribution in [2.45, 2.75) is 19.4 Å². The first kappa shape index (κ1) is 22.7. The zero-order chi connectivity index (χ0) is 22.9. The van der Waals surface area contributed by atoms with Gasteiger partial charge in [-0.25, -0.2) is 9.18 Å². The van der Waals surface area contributed by atoms with Crippen LogP contribution in [0.25, 0.3) is 0 Å². The molecule has 0 aromatic heterocycles. The topological polar surface area (TPSA) is 81.7 Å². The Bertz CT molecular complexity index is 1070. The summed E-state index contributed by atoms with van der Waals surface area (Å²) in [7, 11) is 0. The van der Waals surface area contributed by atoms with E-state index in [1.165, 1.54) is 24.3 Å². The van der Waals surface area contributed by atoms with Gasteiger partial charge in [-0.2, -0.15) is 0 Å². The van der Waals surface area contributed by atoms with Gasteiger partial charge in [-0.15, -0.1) is 0 Å². The van der Waals surface area contributed by atoms with Gasteiger partial charge in [-0.1, -0.05) is 37.3 Å². The van der Waals surface area contributed by atoms with Crippen molar-refractivity contribution < 1.29 is 28.2 Å². The Morgan fingerprint density at radius 1 is 0.906 bits per heavy atom. The molecule has 0 radical (unpaired) electrons. The lowest BCUT2D eigenvalue weighted by Gasteiger charge is -2.18. The maximum absolute atomic E-state index is 13.1. The molecule has 164 valence electrons. The molecule has 3 rings (SSSR count). The van der Waals surface area contributed by atoms with E-state index in [1.807, 2.05) is 0 Å². The number of benzene rings is 3. The van der Waals surface area contributed by atoms with Crippen molar-refractivity contribution in [3.8, 4) is 5.75 Å². The minimum Gasteiger partial charge on any atom is -0.482 e. The lowest BCUT2D eigenvalue weighted by molar-refractivity contribution is -0.156. The third kappa shape index (κ3) is 6.25. The molecule has 0 fully saturated rings. The maximum atomic E-state index is 13.1. The van der Waals surface area contributed by atoms with E-state index in [9.17, 15) is 18.8 Å². The van der Waals surface area contributed by atoms with Gasteiger partial charge < -0.3 is 14.8 Å². The van der Waals surface area contributed by atoms with Crippen LogP contribution < -0.4 is 10.1 Å². The fourth-order valence-corrected chi connectivity index (χ4v) is 2.89. The molecule has 0 saturated heterocycles. The molecule has 1 N–H and O–H groups in total. The van der Waals surface area contributed by atoms with Crippen LogP contribution in [0.15, 0.2) is 78.9 Å². The Labute approximate surface area is 185 Å². The summed E-state index contributed by atoms with van der Waals surface area (Å²) in [5, 5.41) is 2.61. The van der Waals surface area contributed by atoms with Gasteiger partial charge in [-0.05, 0) is 48.5 Å². The number of hydrogen-bond donors (Lipinski definition) is 1. The number of carbonyl (C=O) groups is 3. The Kier molecular flexibility index (Phi) is 7.70. The smallest absolute Gasteiger partial charge is 0.345 e. The van der Waals surface area contributed by atoms with E-state index >= 15 is 0 Å². The largest absolute Gasteiger partial charge is 0.482 e. The number of halogens is 1. The Morgan fingerprint density at radius 3 is 2.19 bits per heavy atom. The highest BCUT2D eigenvalue weighted by Gasteiger charge is 2.25. The van der Waals surface area contributed by atoms with Crippen LogP contribution in [0, 0.1) is 5.82 Å². The molecule has 0 heterocycles. The van der Waals surface area contributed by atoms with Crippen molar-refractivity contribution in [2.75, 3.05) is 11.9 Å². The Morgan fingerprint density at radius 2 is 1.56 bits per heavy atom. The number of anilines is 1. The number of ether oxygens (including phenoxy) is 2. The predicted molar refractivity (Wildman–Crippen MR) is 117 cm³/mol. The monoisotopic (exact) mass is 435 g/mol. The highest BCUT2D eigenvalue weighted by atomic mass is 19.1. The second kappa shape index (κ2) is 10.9. The molecule has 0 saturated carbocycles. The second-order valence-electron chi connectivity index (χ2n) is 6.87. The van der Waals surface area contributed by atoms with Gasteiger partial charge in [0.1, 0.15) is 11.6 Å². The molecule has 3 aromatic rings. The van der Waals surface area contributed by atoms with E-state index in [1.54, 1.807) is 61.5 Å². The molecule has 1 atom stereocenters. The number of nitrogens with one attached hydrogen (secondary N) is 1. The summed E-state index contributed by atoms with van der Waals surface area (Å²) >= 11 is 0. The fourth-order valence-electron chi connectivity index (χ4n) is 2.89. The zero-order valence-corrected chi connectivity index (χ0v) is 17.4. The quantitative estimate of drug-likeness (QED) is 0.389. The van der Waals surface area contributed by atoms with Crippen LogP contribution in [0.2, 0.25) is 0 Å². The summed E-state index contributed by atoms with van der Waals surface area (Å²) in [6, 6.07) is 20.2. The van der Waals surface area contributed by atoms with E-state index < -0.39 is 30.4 Å². The third-order valence-corrected chi connectivity index (χ3v) is 4.56. The molecular weight excluding hydrogens is 413 g/mol. The maximum Gasteiger partial charge on any atom is 0.345 e. The molecular formula is C25H22FNO5. The molecule has 0 aliphatic rings. The molecule has 7 heteroatoms. The van der Waals surface area contributed by atoms with Crippen molar-refractivity contribution in [3.05, 3.63) is 95.8 Å². The predicted octanol–water partition coefficient (Wildman–Crippen LogP) is 4.72. The summed E-state index contributed by atoms with van der Waals surface area (Å²) in [6.07, 6.45) is -0.824. The van der Waals surface area contributed by atoms with Crippen molar-refractivity contribution in [3.63, 3.8) is 0 Å². The lowest BCUT2D eigenvalue weighted by atomic mass is 10.1. The lowest BCUT2D eigenvalue weighted by Crippen LogP contribution is -2.28. The van der Waals surface area contributed by atoms with Gasteiger partial charge in [0.15, 0.2) is 12.4 Å². The molecule has 0 bridgehead atoms. The highest BCUT2D eigenvalue weighted by molar-refractivity contribution is 5.96. The minimum atomic E-state index is -1.22. The average Bonchev–Trinajstić information content (AvgIpc) is 2.83. The number of esters is 1. The van der Waals surface area contributed by atoms with Crippen LogP contribution >= 0.6 is 0 Å². The van der Waals surface area contributed by atoms with Gasteiger partial charge in [0, 0.05) is 23.2 Å². The van der Waals surface area contributed by atoms with Crippen LogP contribution in [0.1, 0.15) is 35.4 Å². The first-order valence-corrected chi connectivity index (χ1v) is 10.0. The second-order valence-corrected chi connectivity index (χ2v) is 6.87. The minimum absolute atomic E-state index is 0.00818. The van der Waals surface area contributed by atoms with Crippen LogP contribution in [-0.2, 0) is 14.3 Å². The summed E-state index contributed by atoms with van der Waals surface area (Å²) in [4.78, 5) is 36.9. The molecule has 0 spiro atoms. The normalized spacial score (nSPS) is 11.3. The molecule has 0 aliphatic heterocycles. The number of Topliss-reactive ketones (excluding diaryl/α,β-unsaturated/α-hetero) is 1. The summed E-state index contributed by atoms with van der Waals surface area (Å²) in [5.74, 6) is -1.37. The molecule has 1 amide bonds. The van der Waals surface area contributed by atoms with Gasteiger partial charge >= 0.3 is 5.97 Å². The van der Waals surface area contributed by atoms with Gasteiger partial charge in [-0.3, -0.25) is 9.59 Å². The van der Waals surface area contributed by atoms with Gasteiger partial charge in [0.2, 0.25) is 6.10 Å². The van der Waals surface area contributed by atoms with Crippen molar-refractivity contribution in [1.82, 2.24) is 0 Å². The first-order valence-electron chi connectivity index (χ1n) is 10.0. The highest BCUT2D eigenvalue weighted by Crippen LogP contribution is 2.21. The third-order valence-electron chi connectivity index (χ3n) is 4.56. The van der Waals surface area contributed by atoms with E-state index in [2.05, 4.69) is 5.32 Å². The molecule has 3 aromatic carbocycles. The summed E-state index contributed by atoms with van der Waals surface area (Å²) in [5.41, 5.74) is 1.40. The standard InChI is InChI=1S/C25H22FNO5/c1-2-22(28)17-8-14-21(15-9-17)31-16-23(29)32-24(18-6-4-3-5-7-18)25(30)27-20-12-10-19(26)11-13-20/h3-15,24H,2,16H2,1H3,(H,27,30). The number of carbonyl (C=O) groups excluding carboxylic acids is 3. The first-order chi connectivity index (χ1) is 15.5. The molecule has 32 heavy (non-hydrogen) atoms. The number of rotatable bonds is 9. The number of hydrogen-bond acceptors (Lipinski definition) is 5. The number of ketones is 1. The van der Waals surface area contributed by atoms with Crippen LogP contribution in [0.5, 0.6) is 5.75 Å². The Balaban J connectivity index is 1.65. The molecule has 0 aliphatic carbocycles. The molecule has 1 unspecified atom stereocenters. The SMILES string of the molecule is CCC(=O)c1ccc(OCC(=O)OC(C(=O)Nc2ccc(F)cc2)c2ccccc2)cc1. The van der Waals surface area contributed by atoms with E-state index in [0.29, 0.717) is 29.0 Å². The van der Waals surface area contributed by atoms with Crippen molar-refractivity contribution in [2.24, 2.45) is 0 Å². The average molecular weight is 435 g/mol. The van der Waals surface area contributed by atoms with Crippen LogP contribution in [-0.4, -0.2) is 24.3 Å².